The first-order valence-electron chi connectivity index (χ1n) is 11.2. The normalized spacial score (nSPS) is 46.2. The summed E-state index contributed by atoms with van der Waals surface area (Å²) in [6.07, 6.45) is 14.1. The quantitative estimate of drug-likeness (QED) is 0.716. The molecule has 0 saturated heterocycles. The Morgan fingerprint density at radius 1 is 1.12 bits per heavy atom. The highest BCUT2D eigenvalue weighted by atomic mass is 16.2. The van der Waals surface area contributed by atoms with Crippen LogP contribution in [0.2, 0.25) is 0 Å². The smallest absolute Gasteiger partial charge is 0.155 e. The number of carbonyl (C=O) groups excluding carboxylic acids is 1. The largest absolute Gasteiger partial charge is 0.396 e. The van der Waals surface area contributed by atoms with E-state index in [1.54, 1.807) is 0 Å². The van der Waals surface area contributed by atoms with E-state index in [-0.39, 0.29) is 0 Å². The molecule has 4 aliphatic carbocycles. The lowest BCUT2D eigenvalue weighted by molar-refractivity contribution is -0.117. The Labute approximate surface area is 159 Å². The second-order valence-corrected chi connectivity index (χ2v) is 10.5. The number of aliphatic hydroxyl groups excluding tert-OH is 1. The van der Waals surface area contributed by atoms with E-state index < -0.39 is 0 Å². The van der Waals surface area contributed by atoms with Gasteiger partial charge in [-0.3, -0.25) is 4.79 Å². The maximum Gasteiger partial charge on any atom is 0.155 e. The predicted molar refractivity (Wildman–Crippen MR) is 106 cm³/mol. The lowest BCUT2D eigenvalue weighted by atomic mass is 9.46. The van der Waals surface area contributed by atoms with Gasteiger partial charge >= 0.3 is 0 Å². The van der Waals surface area contributed by atoms with Gasteiger partial charge in [-0.15, -0.1) is 0 Å². The van der Waals surface area contributed by atoms with E-state index in [1.807, 2.05) is 6.08 Å². The fourth-order valence-corrected chi connectivity index (χ4v) is 8.15. The molecule has 26 heavy (non-hydrogen) atoms. The Balaban J connectivity index is 1.56. The van der Waals surface area contributed by atoms with Gasteiger partial charge in [-0.25, -0.2) is 0 Å². The summed E-state index contributed by atoms with van der Waals surface area (Å²) < 4.78 is 0. The molecule has 1 N–H and O–H groups in total. The zero-order valence-corrected chi connectivity index (χ0v) is 17.1. The van der Waals surface area contributed by atoms with Crippen molar-refractivity contribution in [2.45, 2.75) is 85.0 Å². The molecular formula is C24H38O2. The first-order valence-corrected chi connectivity index (χ1v) is 11.2. The van der Waals surface area contributed by atoms with Crippen LogP contribution in [0.4, 0.5) is 0 Å². The average molecular weight is 359 g/mol. The lowest BCUT2D eigenvalue weighted by Crippen LogP contribution is -2.50. The van der Waals surface area contributed by atoms with Crippen LogP contribution in [0, 0.1) is 40.4 Å². The molecule has 3 fully saturated rings. The Bertz CT molecular complexity index is 593. The first-order chi connectivity index (χ1) is 12.4. The molecule has 4 rings (SSSR count). The number of ketones is 1. The Morgan fingerprint density at radius 3 is 2.69 bits per heavy atom. The molecule has 2 heteroatoms. The molecule has 0 unspecified atom stereocenters. The third-order valence-corrected chi connectivity index (χ3v) is 9.54. The highest BCUT2D eigenvalue weighted by Gasteiger charge is 2.59. The second-order valence-electron chi connectivity index (χ2n) is 10.5. The molecule has 4 aliphatic rings. The Kier molecular flexibility index (Phi) is 4.87. The maximum atomic E-state index is 12.0. The van der Waals surface area contributed by atoms with E-state index in [0.717, 1.165) is 48.9 Å². The molecule has 0 aromatic heterocycles. The van der Waals surface area contributed by atoms with Crippen LogP contribution in [-0.2, 0) is 4.79 Å². The Hall–Kier alpha value is -0.630. The minimum Gasteiger partial charge on any atom is -0.396 e. The van der Waals surface area contributed by atoms with Crippen LogP contribution >= 0.6 is 0 Å². The van der Waals surface area contributed by atoms with Crippen LogP contribution in [0.3, 0.4) is 0 Å². The highest BCUT2D eigenvalue weighted by Crippen LogP contribution is 2.67. The molecule has 0 radical (unpaired) electrons. The monoisotopic (exact) mass is 358 g/mol. The van der Waals surface area contributed by atoms with Crippen LogP contribution < -0.4 is 0 Å². The molecule has 2 nitrogen and oxygen atoms in total. The average Bonchev–Trinajstić information content (AvgIpc) is 2.97. The van der Waals surface area contributed by atoms with Crippen molar-refractivity contribution in [1.82, 2.24) is 0 Å². The number of aliphatic hydroxyl groups is 1. The second kappa shape index (κ2) is 6.76. The lowest BCUT2D eigenvalue weighted by Gasteiger charge is -2.58. The van der Waals surface area contributed by atoms with Gasteiger partial charge in [0.2, 0.25) is 0 Å². The zero-order chi connectivity index (χ0) is 18.5. The fraction of sp³-hybridized carbons (Fsp3) is 0.875. The van der Waals surface area contributed by atoms with Crippen molar-refractivity contribution in [2.75, 3.05) is 6.61 Å². The predicted octanol–water partition coefficient (Wildman–Crippen LogP) is 5.54. The van der Waals surface area contributed by atoms with E-state index >= 15 is 0 Å². The summed E-state index contributed by atoms with van der Waals surface area (Å²) in [5, 5.41) is 9.24. The van der Waals surface area contributed by atoms with Gasteiger partial charge in [-0.1, -0.05) is 26.3 Å². The molecular weight excluding hydrogens is 320 g/mol. The zero-order valence-electron chi connectivity index (χ0n) is 17.1. The van der Waals surface area contributed by atoms with Gasteiger partial charge in [0.15, 0.2) is 5.78 Å². The van der Waals surface area contributed by atoms with E-state index in [2.05, 4.69) is 20.8 Å². The number of fused-ring (bicyclic) bond motifs is 5. The van der Waals surface area contributed by atoms with Crippen molar-refractivity contribution >= 4 is 5.78 Å². The maximum absolute atomic E-state index is 12.0. The van der Waals surface area contributed by atoms with Crippen LogP contribution in [0.5, 0.6) is 0 Å². The number of hydrogen-bond donors (Lipinski definition) is 1. The van der Waals surface area contributed by atoms with Gasteiger partial charge in [-0.05, 0) is 104 Å². The standard InChI is InChI=1S/C24H38O2/c1-16(5-4-14-25)20-8-9-21-19-7-6-17-15-18(26)10-12-23(17,2)22(19)11-13-24(20,21)3/h15-16,19-22,25H,4-14H2,1-3H3/t16-,19-,20+,21-,22-,23+,24-/m1/s1. The van der Waals surface area contributed by atoms with Crippen molar-refractivity contribution in [3.05, 3.63) is 11.6 Å². The first kappa shape index (κ1) is 18.7. The minimum absolute atomic E-state index is 0.304. The van der Waals surface area contributed by atoms with Gasteiger partial charge < -0.3 is 5.11 Å². The summed E-state index contributed by atoms with van der Waals surface area (Å²) in [5.41, 5.74) is 2.31. The van der Waals surface area contributed by atoms with Crippen LogP contribution in [0.1, 0.15) is 85.0 Å². The van der Waals surface area contributed by atoms with E-state index in [9.17, 15) is 9.90 Å². The van der Waals surface area contributed by atoms with Crippen molar-refractivity contribution in [3.63, 3.8) is 0 Å². The molecule has 0 aromatic carbocycles. The van der Waals surface area contributed by atoms with Gasteiger partial charge in [-0.2, -0.15) is 0 Å². The van der Waals surface area contributed by atoms with E-state index in [4.69, 9.17) is 0 Å². The third-order valence-electron chi connectivity index (χ3n) is 9.54. The molecule has 0 aromatic rings. The van der Waals surface area contributed by atoms with Crippen molar-refractivity contribution in [3.8, 4) is 0 Å². The summed E-state index contributed by atoms with van der Waals surface area (Å²) in [6, 6.07) is 0. The van der Waals surface area contributed by atoms with Gasteiger partial charge in [0.25, 0.3) is 0 Å². The molecule has 0 bridgehead atoms. The molecule has 7 atom stereocenters. The van der Waals surface area contributed by atoms with Crippen molar-refractivity contribution < 1.29 is 9.90 Å². The number of carbonyl (C=O) groups is 1. The molecule has 0 aliphatic heterocycles. The topological polar surface area (TPSA) is 37.3 Å². The summed E-state index contributed by atoms with van der Waals surface area (Å²) in [7, 11) is 0. The van der Waals surface area contributed by atoms with Gasteiger partial charge in [0.1, 0.15) is 0 Å². The Morgan fingerprint density at radius 2 is 1.92 bits per heavy atom. The van der Waals surface area contributed by atoms with Crippen LogP contribution in [0.25, 0.3) is 0 Å². The highest BCUT2D eigenvalue weighted by molar-refractivity contribution is 5.91. The molecule has 0 spiro atoms. The van der Waals surface area contributed by atoms with E-state index in [1.165, 1.54) is 50.5 Å². The van der Waals surface area contributed by atoms with Gasteiger partial charge in [0.05, 0.1) is 0 Å². The summed E-state index contributed by atoms with van der Waals surface area (Å²) in [6.45, 7) is 7.88. The number of allylic oxidation sites excluding steroid dienone is 1. The SMILES string of the molecule is C[C@H](CCCO)[C@@H]1CC[C@@H]2[C@H]3CCC4=CC(=O)CC[C@]4(C)[C@@H]3CC[C@@]21C. The third kappa shape index (κ3) is 2.74. The summed E-state index contributed by atoms with van der Waals surface area (Å²) in [4.78, 5) is 12.0. The summed E-state index contributed by atoms with van der Waals surface area (Å²) >= 11 is 0. The van der Waals surface area contributed by atoms with Gasteiger partial charge in [0, 0.05) is 13.0 Å². The van der Waals surface area contributed by atoms with Crippen LogP contribution in [-0.4, -0.2) is 17.5 Å². The molecule has 146 valence electrons. The number of hydrogen-bond acceptors (Lipinski definition) is 2. The van der Waals surface area contributed by atoms with Crippen molar-refractivity contribution in [2.24, 2.45) is 40.4 Å². The molecule has 0 amide bonds. The van der Waals surface area contributed by atoms with Crippen molar-refractivity contribution in [1.29, 1.82) is 0 Å². The fourth-order valence-electron chi connectivity index (χ4n) is 8.15. The van der Waals surface area contributed by atoms with E-state index in [0.29, 0.717) is 23.2 Å². The summed E-state index contributed by atoms with van der Waals surface area (Å²) in [5.74, 6) is 4.53. The van der Waals surface area contributed by atoms with Crippen LogP contribution in [0.15, 0.2) is 11.6 Å². The molecule has 3 saturated carbocycles. The minimum atomic E-state index is 0.304. The number of rotatable bonds is 4. The molecule has 0 heterocycles.